The minimum atomic E-state index is 0.110. The molecule has 0 amide bonds. The number of nitrogens with one attached hydrogen (secondary N) is 1. The van der Waals surface area contributed by atoms with Crippen molar-refractivity contribution in [1.82, 2.24) is 5.43 Å². The zero-order chi connectivity index (χ0) is 15.4. The summed E-state index contributed by atoms with van der Waals surface area (Å²) in [7, 11) is 0. The normalized spacial score (nSPS) is 12.7. The average molecular weight is 459 g/mol. The molecule has 21 heavy (non-hydrogen) atoms. The van der Waals surface area contributed by atoms with E-state index in [-0.39, 0.29) is 6.04 Å². The molecule has 2 aromatic rings. The van der Waals surface area contributed by atoms with Gasteiger partial charge in [0.2, 0.25) is 0 Å². The van der Waals surface area contributed by atoms with E-state index in [9.17, 15) is 0 Å². The van der Waals surface area contributed by atoms with Gasteiger partial charge in [-0.3, -0.25) is 11.3 Å². The Hall–Kier alpha value is -0.430. The number of hydrogen-bond donors (Lipinski definition) is 2. The highest BCUT2D eigenvalue weighted by Crippen LogP contribution is 2.26. The molecule has 0 saturated heterocycles. The summed E-state index contributed by atoms with van der Waals surface area (Å²) in [6.45, 7) is 4.42. The van der Waals surface area contributed by atoms with E-state index in [2.05, 4.69) is 100 Å². The smallest absolute Gasteiger partial charge is 0.0511 e. The molecule has 2 aromatic carbocycles. The molecule has 0 spiro atoms. The first-order chi connectivity index (χ1) is 10.0. The van der Waals surface area contributed by atoms with Gasteiger partial charge >= 0.3 is 0 Å². The number of halogens is 2. The van der Waals surface area contributed by atoms with Crippen LogP contribution in [0.4, 0.5) is 0 Å². The monoisotopic (exact) mass is 458 g/mol. The van der Waals surface area contributed by atoms with E-state index in [0.29, 0.717) is 5.92 Å². The van der Waals surface area contributed by atoms with Gasteiger partial charge in [0.15, 0.2) is 0 Å². The Balaban J connectivity index is 2.20. The zero-order valence-corrected chi connectivity index (χ0v) is 16.0. The van der Waals surface area contributed by atoms with Crippen molar-refractivity contribution in [3.8, 4) is 0 Å². The van der Waals surface area contributed by atoms with Gasteiger partial charge in [0.25, 0.3) is 0 Å². The standard InChI is InChI=1S/C17H20BrIN2/c1-11(2)13-5-3-12(4-6-13)9-17(21-20)15-10-14(18)7-8-16(15)19/h3-8,10-11,17,21H,9,20H2,1-2H3. The second-order valence-electron chi connectivity index (χ2n) is 5.49. The molecule has 0 bridgehead atoms. The average Bonchev–Trinajstić information content (AvgIpc) is 2.48. The fraction of sp³-hybridized carbons (Fsp3) is 0.294. The molecule has 2 rings (SSSR count). The molecule has 3 N–H and O–H groups in total. The summed E-state index contributed by atoms with van der Waals surface area (Å²) in [5, 5.41) is 0. The largest absolute Gasteiger partial charge is 0.271 e. The van der Waals surface area contributed by atoms with Crippen molar-refractivity contribution in [2.24, 2.45) is 5.84 Å². The number of rotatable bonds is 5. The lowest BCUT2D eigenvalue weighted by Gasteiger charge is -2.19. The Kier molecular flexibility index (Phi) is 6.22. The van der Waals surface area contributed by atoms with Gasteiger partial charge < -0.3 is 0 Å². The van der Waals surface area contributed by atoms with Crippen molar-refractivity contribution < 1.29 is 0 Å². The maximum absolute atomic E-state index is 5.78. The lowest BCUT2D eigenvalue weighted by atomic mass is 9.96. The van der Waals surface area contributed by atoms with Gasteiger partial charge in [-0.05, 0) is 69.8 Å². The highest BCUT2D eigenvalue weighted by Gasteiger charge is 2.14. The van der Waals surface area contributed by atoms with Gasteiger partial charge in [0, 0.05) is 8.04 Å². The van der Waals surface area contributed by atoms with Gasteiger partial charge in [-0.1, -0.05) is 54.0 Å². The maximum atomic E-state index is 5.78. The molecule has 1 atom stereocenters. The fourth-order valence-electron chi connectivity index (χ4n) is 2.31. The van der Waals surface area contributed by atoms with Crippen LogP contribution in [0.25, 0.3) is 0 Å². The van der Waals surface area contributed by atoms with Crippen LogP contribution in [0.1, 0.15) is 42.5 Å². The van der Waals surface area contributed by atoms with Crippen molar-refractivity contribution >= 4 is 38.5 Å². The van der Waals surface area contributed by atoms with E-state index in [1.165, 1.54) is 20.3 Å². The first kappa shape index (κ1) is 16.9. The highest BCUT2D eigenvalue weighted by atomic mass is 127. The van der Waals surface area contributed by atoms with E-state index in [1.807, 2.05) is 0 Å². The van der Waals surface area contributed by atoms with Crippen molar-refractivity contribution in [3.05, 3.63) is 67.2 Å². The number of hydrazine groups is 1. The number of hydrogen-bond acceptors (Lipinski definition) is 2. The van der Waals surface area contributed by atoms with Crippen LogP contribution in [0.3, 0.4) is 0 Å². The summed E-state index contributed by atoms with van der Waals surface area (Å²) in [4.78, 5) is 0. The Labute approximate surface area is 148 Å². The molecule has 1 unspecified atom stereocenters. The molecule has 0 aromatic heterocycles. The van der Waals surface area contributed by atoms with Crippen LogP contribution in [-0.4, -0.2) is 0 Å². The molecule has 0 radical (unpaired) electrons. The third-order valence-electron chi connectivity index (χ3n) is 3.62. The SMILES string of the molecule is CC(C)c1ccc(CC(NN)c2cc(Br)ccc2I)cc1. The lowest BCUT2D eigenvalue weighted by Crippen LogP contribution is -2.30. The summed E-state index contributed by atoms with van der Waals surface area (Å²) in [6, 6.07) is 15.2. The van der Waals surface area contributed by atoms with Crippen molar-refractivity contribution in [1.29, 1.82) is 0 Å². The molecular weight excluding hydrogens is 439 g/mol. The van der Waals surface area contributed by atoms with Gasteiger partial charge in [0.1, 0.15) is 0 Å². The summed E-state index contributed by atoms with van der Waals surface area (Å²) in [5.74, 6) is 6.34. The quantitative estimate of drug-likeness (QED) is 0.379. The van der Waals surface area contributed by atoms with Crippen LogP contribution in [-0.2, 0) is 6.42 Å². The van der Waals surface area contributed by atoms with E-state index < -0.39 is 0 Å². The molecule has 0 aliphatic heterocycles. The van der Waals surface area contributed by atoms with Crippen LogP contribution in [0, 0.1) is 3.57 Å². The van der Waals surface area contributed by atoms with Gasteiger partial charge in [0.05, 0.1) is 6.04 Å². The van der Waals surface area contributed by atoms with Gasteiger partial charge in [-0.15, -0.1) is 0 Å². The van der Waals surface area contributed by atoms with E-state index >= 15 is 0 Å². The molecule has 2 nitrogen and oxygen atoms in total. The second-order valence-corrected chi connectivity index (χ2v) is 7.56. The molecule has 0 fully saturated rings. The third kappa shape index (κ3) is 4.52. The Morgan fingerprint density at radius 3 is 2.38 bits per heavy atom. The molecule has 0 aliphatic carbocycles. The van der Waals surface area contributed by atoms with Crippen molar-refractivity contribution in [3.63, 3.8) is 0 Å². The first-order valence-corrected chi connectivity index (χ1v) is 8.88. The summed E-state index contributed by atoms with van der Waals surface area (Å²) in [5.41, 5.74) is 6.83. The van der Waals surface area contributed by atoms with E-state index in [0.717, 1.165) is 10.9 Å². The molecule has 112 valence electrons. The molecular formula is C17H20BrIN2. The Morgan fingerprint density at radius 1 is 1.14 bits per heavy atom. The van der Waals surface area contributed by atoms with Crippen LogP contribution in [0.2, 0.25) is 0 Å². The van der Waals surface area contributed by atoms with Crippen LogP contribution < -0.4 is 11.3 Å². The summed E-state index contributed by atoms with van der Waals surface area (Å²) >= 11 is 5.89. The second kappa shape index (κ2) is 7.72. The first-order valence-electron chi connectivity index (χ1n) is 7.01. The van der Waals surface area contributed by atoms with Crippen LogP contribution >= 0.6 is 38.5 Å². The predicted octanol–water partition coefficient (Wildman–Crippen LogP) is 4.92. The zero-order valence-electron chi connectivity index (χ0n) is 12.2. The van der Waals surface area contributed by atoms with E-state index in [1.54, 1.807) is 0 Å². The van der Waals surface area contributed by atoms with Gasteiger partial charge in [-0.2, -0.15) is 0 Å². The lowest BCUT2D eigenvalue weighted by molar-refractivity contribution is 0.549. The Morgan fingerprint density at radius 2 is 1.81 bits per heavy atom. The fourth-order valence-corrected chi connectivity index (χ4v) is 3.40. The number of nitrogens with two attached hydrogens (primary N) is 1. The predicted molar refractivity (Wildman–Crippen MR) is 101 cm³/mol. The molecule has 4 heteroatoms. The number of benzene rings is 2. The Bertz CT molecular complexity index is 596. The minimum absolute atomic E-state index is 0.110. The van der Waals surface area contributed by atoms with E-state index in [4.69, 9.17) is 5.84 Å². The topological polar surface area (TPSA) is 38.0 Å². The molecule has 0 aliphatic rings. The van der Waals surface area contributed by atoms with Crippen LogP contribution in [0.5, 0.6) is 0 Å². The molecule has 0 heterocycles. The summed E-state index contributed by atoms with van der Waals surface area (Å²) in [6.07, 6.45) is 0.876. The van der Waals surface area contributed by atoms with Crippen molar-refractivity contribution in [2.75, 3.05) is 0 Å². The minimum Gasteiger partial charge on any atom is -0.271 e. The van der Waals surface area contributed by atoms with Crippen LogP contribution in [0.15, 0.2) is 46.9 Å². The third-order valence-corrected chi connectivity index (χ3v) is 5.10. The summed E-state index contributed by atoms with van der Waals surface area (Å²) < 4.78 is 2.30. The maximum Gasteiger partial charge on any atom is 0.0511 e. The highest BCUT2D eigenvalue weighted by molar-refractivity contribution is 14.1. The van der Waals surface area contributed by atoms with Crippen molar-refractivity contribution in [2.45, 2.75) is 32.2 Å². The molecule has 0 saturated carbocycles. The van der Waals surface area contributed by atoms with Gasteiger partial charge in [-0.25, -0.2) is 0 Å².